The molecule has 0 spiro atoms. The third-order valence-corrected chi connectivity index (χ3v) is 2.15. The fourth-order valence-electron chi connectivity index (χ4n) is 1.26. The Labute approximate surface area is 74.7 Å². The summed E-state index contributed by atoms with van der Waals surface area (Å²) in [5.41, 5.74) is 0.113. The fourth-order valence-corrected chi connectivity index (χ4v) is 1.26. The molecule has 2 heteroatoms. The van der Waals surface area contributed by atoms with Crippen molar-refractivity contribution in [1.82, 2.24) is 5.32 Å². The molecule has 0 aromatic carbocycles. The van der Waals surface area contributed by atoms with Crippen molar-refractivity contribution in [2.24, 2.45) is 11.3 Å². The predicted octanol–water partition coefficient (Wildman–Crippen LogP) is 1.95. The normalized spacial score (nSPS) is 28.3. The lowest BCUT2D eigenvalue weighted by Gasteiger charge is -2.17. The first-order valence-corrected chi connectivity index (χ1v) is 4.68. The van der Waals surface area contributed by atoms with Crippen LogP contribution in [0.4, 0.5) is 0 Å². The second-order valence-electron chi connectivity index (χ2n) is 5.12. The van der Waals surface area contributed by atoms with Gasteiger partial charge in [0.25, 0.3) is 0 Å². The van der Waals surface area contributed by atoms with E-state index in [-0.39, 0.29) is 11.3 Å². The number of hydrogen-bond donors (Lipinski definition) is 1. The molecule has 1 rings (SSSR count). The molecule has 0 aromatic rings. The summed E-state index contributed by atoms with van der Waals surface area (Å²) in [7, 11) is 0. The zero-order valence-electron chi connectivity index (χ0n) is 8.48. The van der Waals surface area contributed by atoms with Crippen LogP contribution >= 0.6 is 0 Å². The molecule has 1 amide bonds. The van der Waals surface area contributed by atoms with Gasteiger partial charge >= 0.3 is 0 Å². The van der Waals surface area contributed by atoms with Crippen LogP contribution in [0.15, 0.2) is 0 Å². The van der Waals surface area contributed by atoms with E-state index in [2.05, 4.69) is 33.0 Å². The lowest BCUT2D eigenvalue weighted by molar-refractivity contribution is -0.123. The van der Waals surface area contributed by atoms with Gasteiger partial charge in [0.15, 0.2) is 0 Å². The minimum Gasteiger partial charge on any atom is -0.353 e. The first kappa shape index (κ1) is 9.56. The Balaban J connectivity index is 2.21. The highest BCUT2D eigenvalue weighted by atomic mass is 16.1. The van der Waals surface area contributed by atoms with Crippen molar-refractivity contribution in [3.63, 3.8) is 0 Å². The first-order valence-electron chi connectivity index (χ1n) is 4.68. The molecular weight excluding hydrogens is 150 g/mol. The summed E-state index contributed by atoms with van der Waals surface area (Å²) >= 11 is 0. The van der Waals surface area contributed by atoms with Gasteiger partial charge in [0, 0.05) is 12.5 Å². The van der Waals surface area contributed by atoms with Crippen LogP contribution in [0.5, 0.6) is 0 Å². The standard InChI is InChI=1S/C10H19NO/c1-7-5-8(7)11-9(12)6-10(2,3)4/h7-8H,5-6H2,1-4H3,(H,11,12). The van der Waals surface area contributed by atoms with Crippen molar-refractivity contribution >= 4 is 5.91 Å². The van der Waals surface area contributed by atoms with E-state index in [1.807, 2.05) is 0 Å². The van der Waals surface area contributed by atoms with Gasteiger partial charge in [0.05, 0.1) is 0 Å². The van der Waals surface area contributed by atoms with Crippen LogP contribution in [0.3, 0.4) is 0 Å². The molecule has 1 saturated carbocycles. The number of amides is 1. The summed E-state index contributed by atoms with van der Waals surface area (Å²) in [5, 5.41) is 3.02. The minimum absolute atomic E-state index is 0.113. The van der Waals surface area contributed by atoms with Crippen molar-refractivity contribution in [2.45, 2.75) is 46.6 Å². The van der Waals surface area contributed by atoms with Crippen LogP contribution in [0.1, 0.15) is 40.5 Å². The number of carbonyl (C=O) groups is 1. The van der Waals surface area contributed by atoms with Crippen LogP contribution in [0.2, 0.25) is 0 Å². The van der Waals surface area contributed by atoms with Gasteiger partial charge in [-0.3, -0.25) is 4.79 Å². The van der Waals surface area contributed by atoms with Gasteiger partial charge in [-0.15, -0.1) is 0 Å². The van der Waals surface area contributed by atoms with E-state index in [9.17, 15) is 4.79 Å². The third-order valence-electron chi connectivity index (χ3n) is 2.15. The Hall–Kier alpha value is -0.530. The van der Waals surface area contributed by atoms with Crippen LogP contribution in [0, 0.1) is 11.3 Å². The van der Waals surface area contributed by atoms with Gasteiger partial charge in [0.2, 0.25) is 5.91 Å². The smallest absolute Gasteiger partial charge is 0.220 e. The van der Waals surface area contributed by atoms with Crippen LogP contribution < -0.4 is 5.32 Å². The average Bonchev–Trinajstić information content (AvgIpc) is 2.40. The largest absolute Gasteiger partial charge is 0.353 e. The van der Waals surface area contributed by atoms with Gasteiger partial charge in [-0.05, 0) is 17.8 Å². The molecule has 0 saturated heterocycles. The van der Waals surface area contributed by atoms with E-state index < -0.39 is 0 Å². The predicted molar refractivity (Wildman–Crippen MR) is 49.8 cm³/mol. The highest BCUT2D eigenvalue weighted by Crippen LogP contribution is 2.29. The highest BCUT2D eigenvalue weighted by Gasteiger charge is 2.34. The Kier molecular flexibility index (Phi) is 2.45. The fraction of sp³-hybridized carbons (Fsp3) is 0.900. The molecular formula is C10H19NO. The first-order chi connectivity index (χ1) is 5.38. The summed E-state index contributed by atoms with van der Waals surface area (Å²) in [5.74, 6) is 0.908. The Morgan fingerprint density at radius 2 is 2.00 bits per heavy atom. The van der Waals surface area contributed by atoms with E-state index in [0.717, 1.165) is 6.42 Å². The molecule has 1 aliphatic carbocycles. The molecule has 0 heterocycles. The molecule has 0 aromatic heterocycles. The van der Waals surface area contributed by atoms with E-state index in [4.69, 9.17) is 0 Å². The lowest BCUT2D eigenvalue weighted by Crippen LogP contribution is -2.29. The molecule has 1 N–H and O–H groups in total. The lowest BCUT2D eigenvalue weighted by atomic mass is 9.92. The molecule has 0 radical (unpaired) electrons. The third kappa shape index (κ3) is 3.24. The molecule has 0 aliphatic heterocycles. The quantitative estimate of drug-likeness (QED) is 0.672. The number of carbonyl (C=O) groups excluding carboxylic acids is 1. The monoisotopic (exact) mass is 169 g/mol. The SMILES string of the molecule is CC1CC1NC(=O)CC(C)(C)C. The summed E-state index contributed by atoms with van der Waals surface area (Å²) in [6.45, 7) is 8.43. The van der Waals surface area contributed by atoms with Crippen LogP contribution in [-0.4, -0.2) is 11.9 Å². The molecule has 2 nitrogen and oxygen atoms in total. The summed E-state index contributed by atoms with van der Waals surface area (Å²) < 4.78 is 0. The van der Waals surface area contributed by atoms with Crippen LogP contribution in [0.25, 0.3) is 0 Å². The Morgan fingerprint density at radius 3 is 2.33 bits per heavy atom. The van der Waals surface area contributed by atoms with Gasteiger partial charge in [-0.25, -0.2) is 0 Å². The van der Waals surface area contributed by atoms with E-state index in [0.29, 0.717) is 18.4 Å². The highest BCUT2D eigenvalue weighted by molar-refractivity contribution is 5.77. The summed E-state index contributed by atoms with van der Waals surface area (Å²) in [6, 6.07) is 0.472. The molecule has 2 atom stereocenters. The van der Waals surface area contributed by atoms with Crippen LogP contribution in [-0.2, 0) is 4.79 Å². The van der Waals surface area contributed by atoms with Crippen molar-refractivity contribution in [3.8, 4) is 0 Å². The molecule has 2 unspecified atom stereocenters. The molecule has 1 aliphatic rings. The number of hydrogen-bond acceptors (Lipinski definition) is 1. The minimum atomic E-state index is 0.113. The second kappa shape index (κ2) is 3.08. The van der Waals surface area contributed by atoms with Crippen molar-refractivity contribution < 1.29 is 4.79 Å². The van der Waals surface area contributed by atoms with E-state index in [1.54, 1.807) is 0 Å². The Morgan fingerprint density at radius 1 is 1.50 bits per heavy atom. The van der Waals surface area contributed by atoms with Gasteiger partial charge < -0.3 is 5.32 Å². The maximum Gasteiger partial charge on any atom is 0.220 e. The molecule has 70 valence electrons. The van der Waals surface area contributed by atoms with Gasteiger partial charge in [-0.1, -0.05) is 27.7 Å². The Bertz CT molecular complexity index is 181. The summed E-state index contributed by atoms with van der Waals surface area (Å²) in [6.07, 6.45) is 1.80. The van der Waals surface area contributed by atoms with Crippen molar-refractivity contribution in [1.29, 1.82) is 0 Å². The van der Waals surface area contributed by atoms with Gasteiger partial charge in [0.1, 0.15) is 0 Å². The molecule has 0 bridgehead atoms. The number of nitrogens with one attached hydrogen (secondary N) is 1. The average molecular weight is 169 g/mol. The molecule has 1 fully saturated rings. The zero-order valence-corrected chi connectivity index (χ0v) is 8.48. The van der Waals surface area contributed by atoms with Crippen molar-refractivity contribution in [2.75, 3.05) is 0 Å². The maximum absolute atomic E-state index is 11.3. The van der Waals surface area contributed by atoms with Crippen molar-refractivity contribution in [3.05, 3.63) is 0 Å². The van der Waals surface area contributed by atoms with Gasteiger partial charge in [-0.2, -0.15) is 0 Å². The number of rotatable bonds is 2. The maximum atomic E-state index is 11.3. The molecule has 12 heavy (non-hydrogen) atoms. The van der Waals surface area contributed by atoms with E-state index >= 15 is 0 Å². The topological polar surface area (TPSA) is 29.1 Å². The zero-order chi connectivity index (χ0) is 9.35. The summed E-state index contributed by atoms with van der Waals surface area (Å²) in [4.78, 5) is 11.3. The van der Waals surface area contributed by atoms with E-state index in [1.165, 1.54) is 0 Å². The second-order valence-corrected chi connectivity index (χ2v) is 5.12.